The number of aliphatic hydroxyl groups is 1. The maximum atomic E-state index is 11.3. The number of thioether (sulfide) groups is 1. The summed E-state index contributed by atoms with van der Waals surface area (Å²) in [4.78, 5) is 11.3. The van der Waals surface area contributed by atoms with E-state index in [1.807, 2.05) is 13.0 Å². The van der Waals surface area contributed by atoms with Gasteiger partial charge in [-0.3, -0.25) is 4.79 Å². The number of aliphatic hydroxyl groups excluding tert-OH is 1. The molecule has 0 aromatic carbocycles. The van der Waals surface area contributed by atoms with Crippen LogP contribution in [0.25, 0.3) is 0 Å². The van der Waals surface area contributed by atoms with Crippen LogP contribution in [-0.4, -0.2) is 26.8 Å². The van der Waals surface area contributed by atoms with E-state index in [2.05, 4.69) is 0 Å². The second kappa shape index (κ2) is 5.98. The van der Waals surface area contributed by atoms with Crippen LogP contribution in [0.4, 0.5) is 0 Å². The average Bonchev–Trinajstić information content (AvgIpc) is 2.20. The minimum Gasteiger partial charge on any atom is -0.392 e. The summed E-state index contributed by atoms with van der Waals surface area (Å²) in [5, 5.41) is 9.50. The van der Waals surface area contributed by atoms with Crippen molar-refractivity contribution in [1.29, 1.82) is 0 Å². The molecule has 3 nitrogen and oxygen atoms in total. The van der Waals surface area contributed by atoms with Crippen LogP contribution in [0.1, 0.15) is 13.8 Å². The highest BCUT2D eigenvalue weighted by Crippen LogP contribution is 2.13. The second-order valence-electron chi connectivity index (χ2n) is 3.55. The van der Waals surface area contributed by atoms with E-state index in [4.69, 9.17) is 0 Å². The molecule has 0 amide bonds. The van der Waals surface area contributed by atoms with E-state index in [1.165, 1.54) is 0 Å². The molecule has 0 aliphatic rings. The maximum Gasteiger partial charge on any atom is 0.250 e. The van der Waals surface area contributed by atoms with Crippen molar-refractivity contribution in [3.63, 3.8) is 0 Å². The molecule has 0 saturated carbocycles. The second-order valence-corrected chi connectivity index (χ2v) is 5.03. The highest BCUT2D eigenvalue weighted by Gasteiger charge is 2.08. The van der Waals surface area contributed by atoms with Gasteiger partial charge in [0, 0.05) is 29.8 Å². The SMILES string of the molecule is CC(O)C(C)SCCn1ccccc1=O. The third kappa shape index (κ3) is 4.10. The topological polar surface area (TPSA) is 42.2 Å². The van der Waals surface area contributed by atoms with Gasteiger partial charge in [0.25, 0.3) is 5.56 Å². The Kier molecular flexibility index (Phi) is 4.91. The van der Waals surface area contributed by atoms with Gasteiger partial charge in [-0.05, 0) is 13.0 Å². The van der Waals surface area contributed by atoms with Crippen LogP contribution in [0.15, 0.2) is 29.2 Å². The Morgan fingerprint density at radius 3 is 2.80 bits per heavy atom. The zero-order valence-corrected chi connectivity index (χ0v) is 9.91. The molecule has 1 heterocycles. The first-order chi connectivity index (χ1) is 7.11. The van der Waals surface area contributed by atoms with Crippen LogP contribution in [0.2, 0.25) is 0 Å². The van der Waals surface area contributed by atoms with Crippen molar-refractivity contribution in [2.75, 3.05) is 5.75 Å². The molecule has 0 fully saturated rings. The van der Waals surface area contributed by atoms with Gasteiger partial charge in [-0.15, -0.1) is 0 Å². The van der Waals surface area contributed by atoms with E-state index in [0.29, 0.717) is 6.54 Å². The van der Waals surface area contributed by atoms with Crippen LogP contribution in [0, 0.1) is 0 Å². The fourth-order valence-electron chi connectivity index (χ4n) is 1.12. The lowest BCUT2D eigenvalue weighted by molar-refractivity contribution is 0.196. The molecule has 0 radical (unpaired) electrons. The molecule has 0 saturated heterocycles. The molecule has 1 aromatic rings. The van der Waals surface area contributed by atoms with Gasteiger partial charge in [0.05, 0.1) is 6.10 Å². The summed E-state index contributed by atoms with van der Waals surface area (Å²) in [6.07, 6.45) is 1.48. The molecular formula is C11H17NO2S. The standard InChI is InChI=1S/C11H17NO2S/c1-9(13)10(2)15-8-7-12-6-4-3-5-11(12)14/h3-6,9-10,13H,7-8H2,1-2H3. The Morgan fingerprint density at radius 2 is 2.20 bits per heavy atom. The van der Waals surface area contributed by atoms with E-state index in [0.717, 1.165) is 5.75 Å². The third-order valence-corrected chi connectivity index (χ3v) is 3.63. The Morgan fingerprint density at radius 1 is 1.47 bits per heavy atom. The van der Waals surface area contributed by atoms with E-state index < -0.39 is 0 Å². The maximum absolute atomic E-state index is 11.3. The number of rotatable bonds is 5. The quantitative estimate of drug-likeness (QED) is 0.825. The molecule has 0 bridgehead atoms. The number of nitrogens with zero attached hydrogens (tertiary/aromatic N) is 1. The van der Waals surface area contributed by atoms with Crippen molar-refractivity contribution < 1.29 is 5.11 Å². The molecule has 0 spiro atoms. The van der Waals surface area contributed by atoms with Crippen molar-refractivity contribution in [3.8, 4) is 0 Å². The van der Waals surface area contributed by atoms with Gasteiger partial charge in [0.1, 0.15) is 0 Å². The molecule has 0 aliphatic heterocycles. The summed E-state index contributed by atoms with van der Waals surface area (Å²) in [6.45, 7) is 4.47. The summed E-state index contributed by atoms with van der Waals surface area (Å²) < 4.78 is 1.68. The molecule has 15 heavy (non-hydrogen) atoms. The van der Waals surface area contributed by atoms with E-state index in [1.54, 1.807) is 41.6 Å². The highest BCUT2D eigenvalue weighted by atomic mass is 32.2. The first kappa shape index (κ1) is 12.3. The summed E-state index contributed by atoms with van der Waals surface area (Å²) >= 11 is 1.68. The molecule has 84 valence electrons. The van der Waals surface area contributed by atoms with Gasteiger partial charge in [-0.2, -0.15) is 11.8 Å². The van der Waals surface area contributed by atoms with Crippen molar-refractivity contribution in [3.05, 3.63) is 34.7 Å². The normalized spacial score (nSPS) is 14.9. The fourth-order valence-corrected chi connectivity index (χ4v) is 2.07. The molecule has 0 aliphatic carbocycles. The molecule has 1 N–H and O–H groups in total. The van der Waals surface area contributed by atoms with Crippen LogP contribution < -0.4 is 5.56 Å². The van der Waals surface area contributed by atoms with Gasteiger partial charge in [0.2, 0.25) is 0 Å². The van der Waals surface area contributed by atoms with Crippen molar-refractivity contribution in [2.45, 2.75) is 31.7 Å². The van der Waals surface area contributed by atoms with Crippen LogP contribution in [-0.2, 0) is 6.54 Å². The Hall–Kier alpha value is -0.740. The molecule has 2 atom stereocenters. The third-order valence-electron chi connectivity index (χ3n) is 2.29. The zero-order chi connectivity index (χ0) is 11.3. The highest BCUT2D eigenvalue weighted by molar-refractivity contribution is 7.99. The molecular weight excluding hydrogens is 210 g/mol. The molecule has 1 aromatic heterocycles. The minimum atomic E-state index is -0.303. The summed E-state index contributed by atoms with van der Waals surface area (Å²) in [7, 11) is 0. The molecule has 1 rings (SSSR count). The summed E-state index contributed by atoms with van der Waals surface area (Å²) in [6, 6.07) is 5.15. The zero-order valence-electron chi connectivity index (χ0n) is 9.09. The Bertz CT molecular complexity index is 348. The largest absolute Gasteiger partial charge is 0.392 e. The van der Waals surface area contributed by atoms with E-state index in [9.17, 15) is 9.90 Å². The van der Waals surface area contributed by atoms with Gasteiger partial charge in [0.15, 0.2) is 0 Å². The van der Waals surface area contributed by atoms with Gasteiger partial charge in [-0.1, -0.05) is 13.0 Å². The first-order valence-corrected chi connectivity index (χ1v) is 6.11. The van der Waals surface area contributed by atoms with Gasteiger partial charge in [-0.25, -0.2) is 0 Å². The van der Waals surface area contributed by atoms with Crippen molar-refractivity contribution in [2.24, 2.45) is 0 Å². The number of aryl methyl sites for hydroxylation is 1. The number of pyridine rings is 1. The van der Waals surface area contributed by atoms with Gasteiger partial charge < -0.3 is 9.67 Å². The lowest BCUT2D eigenvalue weighted by Gasteiger charge is -2.14. The predicted molar refractivity (Wildman–Crippen MR) is 64.3 cm³/mol. The Balaban J connectivity index is 2.39. The number of aromatic nitrogens is 1. The first-order valence-electron chi connectivity index (χ1n) is 5.06. The van der Waals surface area contributed by atoms with Crippen LogP contribution >= 0.6 is 11.8 Å². The average molecular weight is 227 g/mol. The van der Waals surface area contributed by atoms with Crippen LogP contribution in [0.5, 0.6) is 0 Å². The summed E-state index contributed by atoms with van der Waals surface area (Å²) in [5.74, 6) is 0.843. The Labute approximate surface area is 94.1 Å². The van der Waals surface area contributed by atoms with Gasteiger partial charge >= 0.3 is 0 Å². The predicted octanol–water partition coefficient (Wildman–Crippen LogP) is 1.35. The van der Waals surface area contributed by atoms with Crippen LogP contribution in [0.3, 0.4) is 0 Å². The lowest BCUT2D eigenvalue weighted by Crippen LogP contribution is -2.21. The van der Waals surface area contributed by atoms with E-state index in [-0.39, 0.29) is 16.9 Å². The van der Waals surface area contributed by atoms with E-state index >= 15 is 0 Å². The minimum absolute atomic E-state index is 0.0304. The molecule has 4 heteroatoms. The number of hydrogen-bond acceptors (Lipinski definition) is 3. The summed E-state index contributed by atoms with van der Waals surface area (Å²) in [5.41, 5.74) is 0.0304. The number of hydrogen-bond donors (Lipinski definition) is 1. The monoisotopic (exact) mass is 227 g/mol. The lowest BCUT2D eigenvalue weighted by atomic mass is 10.3. The van der Waals surface area contributed by atoms with Crippen molar-refractivity contribution in [1.82, 2.24) is 4.57 Å². The fraction of sp³-hybridized carbons (Fsp3) is 0.545. The smallest absolute Gasteiger partial charge is 0.250 e. The molecule has 2 unspecified atom stereocenters. The van der Waals surface area contributed by atoms with Crippen molar-refractivity contribution >= 4 is 11.8 Å².